The number of aromatic amines is 1. The van der Waals surface area contributed by atoms with Gasteiger partial charge in [-0.15, -0.1) is 0 Å². The highest BCUT2D eigenvalue weighted by Gasteiger charge is 2.38. The van der Waals surface area contributed by atoms with Crippen LogP contribution < -0.4 is 10.1 Å². The second-order valence-corrected chi connectivity index (χ2v) is 7.34. The van der Waals surface area contributed by atoms with Crippen molar-refractivity contribution in [2.24, 2.45) is 5.92 Å². The highest BCUT2D eigenvalue weighted by atomic mass is 19.1. The van der Waals surface area contributed by atoms with Gasteiger partial charge in [-0.05, 0) is 18.1 Å². The summed E-state index contributed by atoms with van der Waals surface area (Å²) in [4.78, 5) is 34.4. The third-order valence-corrected chi connectivity index (χ3v) is 5.64. The standard InChI is InChI=1S/C21H27FN4O4/c1-5-12(2)17(20(27)30-4)25-21(28)26-9-8-16-18(24-11-23-16)19(26)14-7-6-13(29-3)10-15(14)22/h6-7,10-12,17,19H,5,8-9H2,1-4H3,(H,23,24)(H,25,28)/t12-,17+,19-/m0/s1. The summed E-state index contributed by atoms with van der Waals surface area (Å²) in [7, 11) is 2.75. The lowest BCUT2D eigenvalue weighted by Crippen LogP contribution is -2.53. The number of aromatic nitrogens is 2. The van der Waals surface area contributed by atoms with Crippen molar-refractivity contribution in [2.45, 2.75) is 38.8 Å². The summed E-state index contributed by atoms with van der Waals surface area (Å²) in [6.45, 7) is 4.13. The Morgan fingerprint density at radius 3 is 2.80 bits per heavy atom. The number of ether oxygens (including phenoxy) is 2. The van der Waals surface area contributed by atoms with Crippen LogP contribution in [0, 0.1) is 11.7 Å². The molecule has 0 aliphatic carbocycles. The molecule has 30 heavy (non-hydrogen) atoms. The number of fused-ring (bicyclic) bond motifs is 1. The Morgan fingerprint density at radius 1 is 1.40 bits per heavy atom. The van der Waals surface area contributed by atoms with Crippen LogP contribution in [0.5, 0.6) is 5.75 Å². The van der Waals surface area contributed by atoms with Gasteiger partial charge in [0, 0.05) is 30.3 Å². The highest BCUT2D eigenvalue weighted by molar-refractivity contribution is 5.84. The average molecular weight is 418 g/mol. The molecule has 9 heteroatoms. The van der Waals surface area contributed by atoms with Crippen molar-refractivity contribution in [3.8, 4) is 5.75 Å². The number of amides is 2. The van der Waals surface area contributed by atoms with Crippen LogP contribution in [-0.4, -0.2) is 53.7 Å². The molecule has 2 amide bonds. The van der Waals surface area contributed by atoms with Gasteiger partial charge in [-0.1, -0.05) is 20.3 Å². The monoisotopic (exact) mass is 418 g/mol. The lowest BCUT2D eigenvalue weighted by molar-refractivity contribution is -0.144. The Labute approximate surface area is 174 Å². The minimum atomic E-state index is -0.797. The van der Waals surface area contributed by atoms with Crippen molar-refractivity contribution in [3.05, 3.63) is 47.3 Å². The molecule has 3 atom stereocenters. The van der Waals surface area contributed by atoms with Crippen molar-refractivity contribution < 1.29 is 23.5 Å². The molecule has 1 aliphatic rings. The number of esters is 1. The van der Waals surface area contributed by atoms with Crippen LogP contribution in [0.15, 0.2) is 24.5 Å². The van der Waals surface area contributed by atoms with Gasteiger partial charge in [0.05, 0.1) is 26.2 Å². The van der Waals surface area contributed by atoms with Gasteiger partial charge in [0.25, 0.3) is 0 Å². The number of hydrogen-bond donors (Lipinski definition) is 2. The van der Waals surface area contributed by atoms with Crippen LogP contribution in [0.25, 0.3) is 0 Å². The predicted octanol–water partition coefficient (Wildman–Crippen LogP) is 2.80. The molecular formula is C21H27FN4O4. The number of urea groups is 1. The number of nitrogens with one attached hydrogen (secondary N) is 2. The molecule has 0 unspecified atom stereocenters. The fourth-order valence-corrected chi connectivity index (χ4v) is 3.68. The third kappa shape index (κ3) is 4.10. The number of halogens is 1. The molecule has 0 fully saturated rings. The normalized spacial score (nSPS) is 17.6. The maximum atomic E-state index is 14.9. The quantitative estimate of drug-likeness (QED) is 0.704. The number of nitrogens with zero attached hydrogens (tertiary/aromatic N) is 2. The topological polar surface area (TPSA) is 96.5 Å². The largest absolute Gasteiger partial charge is 0.497 e. The fourth-order valence-electron chi connectivity index (χ4n) is 3.68. The first-order chi connectivity index (χ1) is 14.4. The van der Waals surface area contributed by atoms with E-state index in [4.69, 9.17) is 9.47 Å². The molecule has 0 bridgehead atoms. The first-order valence-electron chi connectivity index (χ1n) is 9.91. The smallest absolute Gasteiger partial charge is 0.328 e. The molecular weight excluding hydrogens is 391 g/mol. The number of H-pyrrole nitrogens is 1. The summed E-state index contributed by atoms with van der Waals surface area (Å²) in [5, 5.41) is 2.78. The van der Waals surface area contributed by atoms with Crippen molar-refractivity contribution in [3.63, 3.8) is 0 Å². The molecule has 3 rings (SSSR count). The van der Waals surface area contributed by atoms with E-state index in [1.165, 1.54) is 31.5 Å². The summed E-state index contributed by atoms with van der Waals surface area (Å²) >= 11 is 0. The van der Waals surface area contributed by atoms with E-state index in [0.717, 1.165) is 5.69 Å². The Hall–Kier alpha value is -3.10. The molecule has 2 N–H and O–H groups in total. The maximum absolute atomic E-state index is 14.9. The molecule has 2 heterocycles. The Morgan fingerprint density at radius 2 is 2.17 bits per heavy atom. The van der Waals surface area contributed by atoms with Crippen LogP contribution in [0.4, 0.5) is 9.18 Å². The van der Waals surface area contributed by atoms with Gasteiger partial charge in [0.2, 0.25) is 0 Å². The Kier molecular flexibility index (Phi) is 6.59. The van der Waals surface area contributed by atoms with Crippen LogP contribution in [0.3, 0.4) is 0 Å². The zero-order valence-corrected chi connectivity index (χ0v) is 17.6. The predicted molar refractivity (Wildman–Crippen MR) is 108 cm³/mol. The van der Waals surface area contributed by atoms with Crippen molar-refractivity contribution in [2.75, 3.05) is 20.8 Å². The van der Waals surface area contributed by atoms with Crippen molar-refractivity contribution in [1.82, 2.24) is 20.2 Å². The average Bonchev–Trinajstić information content (AvgIpc) is 3.24. The van der Waals surface area contributed by atoms with Gasteiger partial charge in [0.15, 0.2) is 0 Å². The van der Waals surface area contributed by atoms with Crippen LogP contribution in [-0.2, 0) is 16.0 Å². The van der Waals surface area contributed by atoms with Gasteiger partial charge in [-0.3, -0.25) is 0 Å². The third-order valence-electron chi connectivity index (χ3n) is 5.64. The minimum Gasteiger partial charge on any atom is -0.497 e. The number of carbonyl (C=O) groups excluding carboxylic acids is 2. The number of benzene rings is 1. The van der Waals surface area contributed by atoms with E-state index >= 15 is 0 Å². The second kappa shape index (κ2) is 9.15. The van der Waals surface area contributed by atoms with Crippen LogP contribution >= 0.6 is 0 Å². The van der Waals surface area contributed by atoms with E-state index in [2.05, 4.69) is 15.3 Å². The Balaban J connectivity index is 1.96. The molecule has 8 nitrogen and oxygen atoms in total. The van der Waals surface area contributed by atoms with Gasteiger partial charge >= 0.3 is 12.0 Å². The van der Waals surface area contributed by atoms with Crippen LogP contribution in [0.2, 0.25) is 0 Å². The zero-order valence-electron chi connectivity index (χ0n) is 17.6. The van der Waals surface area contributed by atoms with E-state index < -0.39 is 29.9 Å². The molecule has 1 aromatic carbocycles. The maximum Gasteiger partial charge on any atom is 0.328 e. The molecule has 0 saturated heterocycles. The molecule has 162 valence electrons. The van der Waals surface area contributed by atoms with Gasteiger partial charge < -0.3 is 24.7 Å². The second-order valence-electron chi connectivity index (χ2n) is 7.34. The number of rotatable bonds is 6. The van der Waals surface area contributed by atoms with E-state index in [1.807, 2.05) is 13.8 Å². The fraction of sp³-hybridized carbons (Fsp3) is 0.476. The van der Waals surface area contributed by atoms with E-state index in [-0.39, 0.29) is 5.92 Å². The lowest BCUT2D eigenvalue weighted by atomic mass is 9.95. The van der Waals surface area contributed by atoms with E-state index in [1.54, 1.807) is 12.1 Å². The van der Waals surface area contributed by atoms with Crippen molar-refractivity contribution >= 4 is 12.0 Å². The summed E-state index contributed by atoms with van der Waals surface area (Å²) < 4.78 is 24.9. The van der Waals surface area contributed by atoms with Gasteiger partial charge in [0.1, 0.15) is 23.7 Å². The molecule has 1 aliphatic heterocycles. The summed E-state index contributed by atoms with van der Waals surface area (Å²) in [5.74, 6) is -0.752. The summed E-state index contributed by atoms with van der Waals surface area (Å²) in [6, 6.07) is 2.51. The highest BCUT2D eigenvalue weighted by Crippen LogP contribution is 2.35. The van der Waals surface area contributed by atoms with E-state index in [9.17, 15) is 14.0 Å². The summed E-state index contributed by atoms with van der Waals surface area (Å²) in [5.41, 5.74) is 1.74. The number of carbonyl (C=O) groups is 2. The van der Waals surface area contributed by atoms with Crippen molar-refractivity contribution in [1.29, 1.82) is 0 Å². The molecule has 0 saturated carbocycles. The lowest BCUT2D eigenvalue weighted by Gasteiger charge is -2.36. The van der Waals surface area contributed by atoms with Gasteiger partial charge in [-0.2, -0.15) is 0 Å². The summed E-state index contributed by atoms with van der Waals surface area (Å²) in [6.07, 6.45) is 2.76. The SMILES string of the molecule is CC[C@H](C)[C@@H](NC(=O)N1CCc2[nH]cnc2[C@@H]1c1ccc(OC)cc1F)C(=O)OC. The van der Waals surface area contributed by atoms with Gasteiger partial charge in [-0.25, -0.2) is 19.0 Å². The first kappa shape index (κ1) is 21.6. The van der Waals surface area contributed by atoms with Crippen LogP contribution in [0.1, 0.15) is 43.3 Å². The molecule has 0 radical (unpaired) electrons. The molecule has 1 aromatic heterocycles. The van der Waals surface area contributed by atoms with E-state index in [0.29, 0.717) is 36.4 Å². The zero-order chi connectivity index (χ0) is 21.8. The minimum absolute atomic E-state index is 0.122. The number of methoxy groups -OCH3 is 2. The first-order valence-corrected chi connectivity index (χ1v) is 9.91. The number of imidazole rings is 1. The number of hydrogen-bond acceptors (Lipinski definition) is 5. The Bertz CT molecular complexity index is 916. The molecule has 2 aromatic rings. The molecule has 0 spiro atoms.